The van der Waals surface area contributed by atoms with E-state index < -0.39 is 6.04 Å². The number of fused-ring (bicyclic) bond motifs is 1. The third kappa shape index (κ3) is 7.70. The molecule has 0 bridgehead atoms. The SMILES string of the molecule is COc1cc(CC(=O)CN(C(C)=O)[C@H](CNC(=O)/C=C/c2ccccc2)Cc2ccccc2)cc2c1OCO2. The molecule has 1 N–H and O–H groups in total. The van der Waals surface area contributed by atoms with E-state index in [1.807, 2.05) is 60.7 Å². The van der Waals surface area contributed by atoms with Crippen LogP contribution in [0.3, 0.4) is 0 Å². The fraction of sp³-hybridized carbons (Fsp3) is 0.258. The maximum atomic E-state index is 13.2. The van der Waals surface area contributed by atoms with Gasteiger partial charge in [0, 0.05) is 26.0 Å². The quantitative estimate of drug-likeness (QED) is 0.359. The minimum Gasteiger partial charge on any atom is -0.493 e. The molecule has 0 unspecified atom stereocenters. The second kappa shape index (κ2) is 13.3. The standard InChI is InChI=1S/C31H32N2O6/c1-22(34)33(20-27(35)16-25-17-28(37-2)31-29(18-25)38-21-39-31)26(15-24-11-7-4-8-12-24)19-32-30(36)14-13-23-9-5-3-6-10-23/h3-14,17-18,26H,15-16,19-21H2,1-2H3,(H,32,36)/b14-13+/t26-/m0/s1. The Morgan fingerprint density at radius 1 is 1.00 bits per heavy atom. The van der Waals surface area contributed by atoms with Crippen molar-refractivity contribution in [3.8, 4) is 17.2 Å². The number of benzene rings is 3. The number of hydrogen-bond acceptors (Lipinski definition) is 6. The molecule has 0 saturated carbocycles. The molecule has 0 aliphatic carbocycles. The van der Waals surface area contributed by atoms with Gasteiger partial charge >= 0.3 is 0 Å². The van der Waals surface area contributed by atoms with Crippen LogP contribution in [0.2, 0.25) is 0 Å². The van der Waals surface area contributed by atoms with Crippen molar-refractivity contribution in [2.75, 3.05) is 27.0 Å². The number of Topliss-reactive ketones (excluding diaryl/α,β-unsaturated/α-hetero) is 1. The van der Waals surface area contributed by atoms with Gasteiger partial charge in [-0.3, -0.25) is 14.4 Å². The first kappa shape index (κ1) is 27.4. The van der Waals surface area contributed by atoms with Gasteiger partial charge in [-0.2, -0.15) is 0 Å². The number of ketones is 1. The lowest BCUT2D eigenvalue weighted by Crippen LogP contribution is -2.49. The van der Waals surface area contributed by atoms with Crippen LogP contribution in [0, 0.1) is 0 Å². The summed E-state index contributed by atoms with van der Waals surface area (Å²) in [7, 11) is 1.53. The summed E-state index contributed by atoms with van der Waals surface area (Å²) in [5.74, 6) is 0.845. The van der Waals surface area contributed by atoms with E-state index >= 15 is 0 Å². The van der Waals surface area contributed by atoms with Gasteiger partial charge < -0.3 is 24.4 Å². The molecule has 1 aliphatic rings. The lowest BCUT2D eigenvalue weighted by Gasteiger charge is -2.31. The number of rotatable bonds is 12. The van der Waals surface area contributed by atoms with Crippen LogP contribution >= 0.6 is 0 Å². The molecular formula is C31H32N2O6. The summed E-state index contributed by atoms with van der Waals surface area (Å²) in [5.41, 5.74) is 2.60. The number of amides is 2. The molecule has 8 nitrogen and oxygen atoms in total. The molecule has 0 saturated heterocycles. The third-order valence-corrected chi connectivity index (χ3v) is 6.36. The molecular weight excluding hydrogens is 496 g/mol. The molecule has 0 spiro atoms. The average molecular weight is 529 g/mol. The van der Waals surface area contributed by atoms with Gasteiger partial charge in [0.2, 0.25) is 24.4 Å². The van der Waals surface area contributed by atoms with E-state index in [2.05, 4.69) is 5.32 Å². The molecule has 1 heterocycles. The summed E-state index contributed by atoms with van der Waals surface area (Å²) in [5, 5.41) is 2.90. The zero-order valence-corrected chi connectivity index (χ0v) is 22.1. The van der Waals surface area contributed by atoms with Crippen molar-refractivity contribution in [1.29, 1.82) is 0 Å². The van der Waals surface area contributed by atoms with E-state index in [1.54, 1.807) is 18.2 Å². The van der Waals surface area contributed by atoms with Crippen molar-refractivity contribution in [3.05, 3.63) is 95.6 Å². The second-order valence-electron chi connectivity index (χ2n) is 9.23. The molecule has 2 amide bonds. The van der Waals surface area contributed by atoms with Crippen molar-refractivity contribution >= 4 is 23.7 Å². The molecule has 4 rings (SSSR count). The summed E-state index contributed by atoms with van der Waals surface area (Å²) in [4.78, 5) is 40.0. The van der Waals surface area contributed by atoms with E-state index in [1.165, 1.54) is 25.0 Å². The normalized spacial score (nSPS) is 12.7. The highest BCUT2D eigenvalue weighted by molar-refractivity contribution is 5.92. The summed E-state index contributed by atoms with van der Waals surface area (Å²) in [6.45, 7) is 1.62. The fourth-order valence-corrected chi connectivity index (χ4v) is 4.45. The topological polar surface area (TPSA) is 94.2 Å². The molecule has 1 atom stereocenters. The van der Waals surface area contributed by atoms with Crippen LogP contribution in [0.15, 0.2) is 78.9 Å². The van der Waals surface area contributed by atoms with Crippen LogP contribution in [-0.2, 0) is 27.2 Å². The van der Waals surface area contributed by atoms with E-state index in [4.69, 9.17) is 14.2 Å². The van der Waals surface area contributed by atoms with Gasteiger partial charge in [-0.25, -0.2) is 0 Å². The number of ether oxygens (including phenoxy) is 3. The Morgan fingerprint density at radius 3 is 2.41 bits per heavy atom. The Balaban J connectivity index is 1.46. The average Bonchev–Trinajstić information content (AvgIpc) is 3.42. The van der Waals surface area contributed by atoms with Gasteiger partial charge in [-0.1, -0.05) is 60.7 Å². The number of carbonyl (C=O) groups is 3. The zero-order valence-electron chi connectivity index (χ0n) is 22.1. The first-order valence-corrected chi connectivity index (χ1v) is 12.7. The minimum absolute atomic E-state index is 0.0843. The Hall–Kier alpha value is -4.59. The van der Waals surface area contributed by atoms with E-state index in [-0.39, 0.29) is 43.9 Å². The van der Waals surface area contributed by atoms with Crippen molar-refractivity contribution in [1.82, 2.24) is 10.2 Å². The molecule has 3 aromatic carbocycles. The van der Waals surface area contributed by atoms with Crippen LogP contribution in [0.1, 0.15) is 23.6 Å². The maximum Gasteiger partial charge on any atom is 0.244 e. The highest BCUT2D eigenvalue weighted by Gasteiger charge is 2.26. The van der Waals surface area contributed by atoms with Crippen LogP contribution in [-0.4, -0.2) is 55.5 Å². The van der Waals surface area contributed by atoms with Crippen molar-refractivity contribution < 1.29 is 28.6 Å². The molecule has 202 valence electrons. The summed E-state index contributed by atoms with van der Waals surface area (Å²) in [6.07, 6.45) is 3.76. The molecule has 1 aliphatic heterocycles. The van der Waals surface area contributed by atoms with E-state index in [0.29, 0.717) is 29.2 Å². The van der Waals surface area contributed by atoms with Crippen LogP contribution < -0.4 is 19.5 Å². The number of hydrogen-bond donors (Lipinski definition) is 1. The lowest BCUT2D eigenvalue weighted by atomic mass is 10.0. The van der Waals surface area contributed by atoms with Gasteiger partial charge in [0.15, 0.2) is 17.3 Å². The Kier molecular flexibility index (Phi) is 9.34. The van der Waals surface area contributed by atoms with Crippen LogP contribution in [0.5, 0.6) is 17.2 Å². The highest BCUT2D eigenvalue weighted by atomic mass is 16.7. The highest BCUT2D eigenvalue weighted by Crippen LogP contribution is 2.41. The Morgan fingerprint density at radius 2 is 1.72 bits per heavy atom. The minimum atomic E-state index is -0.422. The van der Waals surface area contributed by atoms with Crippen molar-refractivity contribution in [2.24, 2.45) is 0 Å². The molecule has 0 aromatic heterocycles. The van der Waals surface area contributed by atoms with Gasteiger partial charge in [-0.15, -0.1) is 0 Å². The Bertz CT molecular complexity index is 1320. The van der Waals surface area contributed by atoms with Crippen LogP contribution in [0.4, 0.5) is 0 Å². The van der Waals surface area contributed by atoms with Gasteiger partial charge in [-0.05, 0) is 41.3 Å². The Labute approximate surface area is 228 Å². The molecule has 0 fully saturated rings. The third-order valence-electron chi connectivity index (χ3n) is 6.36. The number of methoxy groups -OCH3 is 1. The van der Waals surface area contributed by atoms with Crippen LogP contribution in [0.25, 0.3) is 6.08 Å². The molecule has 0 radical (unpaired) electrons. The number of nitrogens with one attached hydrogen (secondary N) is 1. The van der Waals surface area contributed by atoms with Crippen molar-refractivity contribution in [2.45, 2.75) is 25.8 Å². The second-order valence-corrected chi connectivity index (χ2v) is 9.23. The predicted molar refractivity (Wildman–Crippen MR) is 148 cm³/mol. The van der Waals surface area contributed by atoms with E-state index in [0.717, 1.165) is 11.1 Å². The molecule has 8 heteroatoms. The number of nitrogens with zero attached hydrogens (tertiary/aromatic N) is 1. The smallest absolute Gasteiger partial charge is 0.244 e. The van der Waals surface area contributed by atoms with Crippen molar-refractivity contribution in [3.63, 3.8) is 0 Å². The van der Waals surface area contributed by atoms with Gasteiger partial charge in [0.25, 0.3) is 0 Å². The fourth-order valence-electron chi connectivity index (χ4n) is 4.45. The monoisotopic (exact) mass is 528 g/mol. The predicted octanol–water partition coefficient (Wildman–Crippen LogP) is 3.82. The molecule has 39 heavy (non-hydrogen) atoms. The summed E-state index contributed by atoms with van der Waals surface area (Å²) in [6, 6.07) is 22.3. The first-order valence-electron chi connectivity index (χ1n) is 12.7. The summed E-state index contributed by atoms with van der Waals surface area (Å²) < 4.78 is 16.3. The largest absolute Gasteiger partial charge is 0.493 e. The number of carbonyl (C=O) groups excluding carboxylic acids is 3. The zero-order chi connectivity index (χ0) is 27.6. The van der Waals surface area contributed by atoms with E-state index in [9.17, 15) is 14.4 Å². The summed E-state index contributed by atoms with van der Waals surface area (Å²) >= 11 is 0. The lowest BCUT2D eigenvalue weighted by molar-refractivity contribution is -0.136. The maximum absolute atomic E-state index is 13.2. The molecule has 3 aromatic rings. The van der Waals surface area contributed by atoms with Gasteiger partial charge in [0.05, 0.1) is 19.7 Å². The first-order chi connectivity index (χ1) is 18.9. The van der Waals surface area contributed by atoms with Gasteiger partial charge in [0.1, 0.15) is 0 Å².